The number of rotatable bonds is 7. The fourth-order valence-electron chi connectivity index (χ4n) is 1.83. The number of primary sulfonamides is 1. The number of carbonyl (C=O) groups is 3. The number of carbonyl (C=O) groups excluding carboxylic acids is 3. The van der Waals surface area contributed by atoms with Gasteiger partial charge < -0.3 is 15.4 Å². The van der Waals surface area contributed by atoms with Gasteiger partial charge in [0, 0.05) is 18.8 Å². The molecule has 0 saturated carbocycles. The lowest BCUT2D eigenvalue weighted by molar-refractivity contribution is -0.124. The zero-order chi connectivity index (χ0) is 20.0. The van der Waals surface area contributed by atoms with Crippen LogP contribution in [-0.2, 0) is 30.9 Å². The normalized spacial score (nSPS) is 10.9. The zero-order valence-electron chi connectivity index (χ0n) is 14.1. The standard InChI is InChI=1S/C15H16N4O6S2/c1-9(20)18-15-19-12(8-26-15)14(22)25-7-13(21)17-6-10-2-4-11(5-3-10)27(16,23)24/h2-5,8H,6-7H2,1H3,(H,17,21)(H2,16,23,24)(H,18,19,20). The number of ether oxygens (including phenoxy) is 1. The van der Waals surface area contributed by atoms with Crippen molar-refractivity contribution in [1.82, 2.24) is 10.3 Å². The Labute approximate surface area is 158 Å². The highest BCUT2D eigenvalue weighted by atomic mass is 32.2. The van der Waals surface area contributed by atoms with Crippen LogP contribution in [0.25, 0.3) is 0 Å². The highest BCUT2D eigenvalue weighted by Crippen LogP contribution is 2.15. The molecular weight excluding hydrogens is 396 g/mol. The Balaban J connectivity index is 1.79. The summed E-state index contributed by atoms with van der Waals surface area (Å²) in [5, 5.41) is 11.6. The molecule has 0 aliphatic rings. The summed E-state index contributed by atoms with van der Waals surface area (Å²) in [5.74, 6) is -1.66. The van der Waals surface area contributed by atoms with Gasteiger partial charge in [0.15, 0.2) is 17.4 Å². The third kappa shape index (κ3) is 6.44. The van der Waals surface area contributed by atoms with Crippen molar-refractivity contribution in [3.05, 3.63) is 40.9 Å². The van der Waals surface area contributed by atoms with Gasteiger partial charge in [0.2, 0.25) is 15.9 Å². The molecule has 1 aromatic heterocycles. The third-order valence-corrected chi connectivity index (χ3v) is 4.76. The average molecular weight is 412 g/mol. The van der Waals surface area contributed by atoms with Crippen molar-refractivity contribution in [3.8, 4) is 0 Å². The van der Waals surface area contributed by atoms with Gasteiger partial charge in [-0.15, -0.1) is 11.3 Å². The molecule has 0 fully saturated rings. The third-order valence-electron chi connectivity index (χ3n) is 3.07. The first-order valence-electron chi connectivity index (χ1n) is 7.44. The molecule has 10 nitrogen and oxygen atoms in total. The maximum absolute atomic E-state index is 11.8. The van der Waals surface area contributed by atoms with Gasteiger partial charge in [0.1, 0.15) is 0 Å². The lowest BCUT2D eigenvalue weighted by Crippen LogP contribution is -2.28. The maximum Gasteiger partial charge on any atom is 0.358 e. The second-order valence-electron chi connectivity index (χ2n) is 5.26. The topological polar surface area (TPSA) is 158 Å². The number of nitrogens with one attached hydrogen (secondary N) is 2. The number of aromatic nitrogens is 1. The number of thiazole rings is 1. The van der Waals surface area contributed by atoms with Crippen LogP contribution in [0.5, 0.6) is 0 Å². The van der Waals surface area contributed by atoms with E-state index >= 15 is 0 Å². The first-order chi connectivity index (χ1) is 12.6. The predicted molar refractivity (Wildman–Crippen MR) is 96.4 cm³/mol. The van der Waals surface area contributed by atoms with Crippen molar-refractivity contribution in [2.24, 2.45) is 5.14 Å². The highest BCUT2D eigenvalue weighted by Gasteiger charge is 2.14. The van der Waals surface area contributed by atoms with Crippen molar-refractivity contribution in [2.45, 2.75) is 18.4 Å². The minimum absolute atomic E-state index is 0.0184. The van der Waals surface area contributed by atoms with E-state index in [1.807, 2.05) is 0 Å². The second-order valence-corrected chi connectivity index (χ2v) is 7.68. The molecule has 0 radical (unpaired) electrons. The summed E-state index contributed by atoms with van der Waals surface area (Å²) in [6.45, 7) is 0.915. The minimum atomic E-state index is -3.77. The van der Waals surface area contributed by atoms with Gasteiger partial charge in [-0.2, -0.15) is 0 Å². The number of sulfonamides is 1. The first-order valence-corrected chi connectivity index (χ1v) is 9.86. The number of anilines is 1. The van der Waals surface area contributed by atoms with E-state index in [0.29, 0.717) is 5.56 Å². The zero-order valence-corrected chi connectivity index (χ0v) is 15.7. The van der Waals surface area contributed by atoms with E-state index in [9.17, 15) is 22.8 Å². The van der Waals surface area contributed by atoms with Gasteiger partial charge in [-0.1, -0.05) is 12.1 Å². The number of nitrogens with zero attached hydrogens (tertiary/aromatic N) is 1. The molecule has 2 aromatic rings. The van der Waals surface area contributed by atoms with E-state index in [1.54, 1.807) is 0 Å². The molecule has 0 spiro atoms. The van der Waals surface area contributed by atoms with Gasteiger partial charge in [-0.3, -0.25) is 9.59 Å². The van der Waals surface area contributed by atoms with E-state index in [1.165, 1.54) is 36.6 Å². The number of benzene rings is 1. The van der Waals surface area contributed by atoms with Crippen molar-refractivity contribution >= 4 is 44.3 Å². The maximum atomic E-state index is 11.8. The van der Waals surface area contributed by atoms with Crippen LogP contribution in [0.2, 0.25) is 0 Å². The van der Waals surface area contributed by atoms with Crippen LogP contribution in [-0.4, -0.2) is 37.8 Å². The van der Waals surface area contributed by atoms with Crippen LogP contribution in [0.1, 0.15) is 23.0 Å². The summed E-state index contributed by atoms with van der Waals surface area (Å²) >= 11 is 1.05. The smallest absolute Gasteiger partial charge is 0.358 e. The molecule has 4 N–H and O–H groups in total. The summed E-state index contributed by atoms with van der Waals surface area (Å²) < 4.78 is 27.2. The SMILES string of the molecule is CC(=O)Nc1nc(C(=O)OCC(=O)NCc2ccc(S(N)(=O)=O)cc2)cs1. The van der Waals surface area contributed by atoms with Gasteiger partial charge in [-0.05, 0) is 17.7 Å². The molecule has 0 aliphatic heterocycles. The molecule has 2 rings (SSSR count). The largest absolute Gasteiger partial charge is 0.451 e. The summed E-state index contributed by atoms with van der Waals surface area (Å²) in [4.78, 5) is 38.3. The van der Waals surface area contributed by atoms with Gasteiger partial charge in [-0.25, -0.2) is 23.3 Å². The van der Waals surface area contributed by atoms with Crippen LogP contribution in [0, 0.1) is 0 Å². The minimum Gasteiger partial charge on any atom is -0.451 e. The van der Waals surface area contributed by atoms with E-state index < -0.39 is 28.5 Å². The van der Waals surface area contributed by atoms with E-state index in [2.05, 4.69) is 15.6 Å². The molecule has 27 heavy (non-hydrogen) atoms. The van der Waals surface area contributed by atoms with Crippen molar-refractivity contribution in [3.63, 3.8) is 0 Å². The Morgan fingerprint density at radius 2 is 1.89 bits per heavy atom. The lowest BCUT2D eigenvalue weighted by Gasteiger charge is -2.06. The number of hydrogen-bond donors (Lipinski definition) is 3. The monoisotopic (exact) mass is 412 g/mol. The van der Waals surface area contributed by atoms with Crippen LogP contribution in [0.15, 0.2) is 34.5 Å². The summed E-state index contributed by atoms with van der Waals surface area (Å²) in [6.07, 6.45) is 0. The van der Waals surface area contributed by atoms with Gasteiger partial charge in [0.05, 0.1) is 4.90 Å². The molecule has 1 heterocycles. The molecule has 1 aromatic carbocycles. The van der Waals surface area contributed by atoms with E-state index in [0.717, 1.165) is 11.3 Å². The Morgan fingerprint density at radius 3 is 2.48 bits per heavy atom. The number of hydrogen-bond acceptors (Lipinski definition) is 8. The quantitative estimate of drug-likeness (QED) is 0.549. The van der Waals surface area contributed by atoms with Crippen LogP contribution < -0.4 is 15.8 Å². The number of esters is 1. The summed E-state index contributed by atoms with van der Waals surface area (Å²) in [6, 6.07) is 5.66. The van der Waals surface area contributed by atoms with Crippen molar-refractivity contribution in [2.75, 3.05) is 11.9 Å². The van der Waals surface area contributed by atoms with E-state index in [4.69, 9.17) is 9.88 Å². The Hall–Kier alpha value is -2.83. The first kappa shape index (κ1) is 20.5. The molecule has 12 heteroatoms. The van der Waals surface area contributed by atoms with Crippen LogP contribution in [0.4, 0.5) is 5.13 Å². The molecule has 0 aliphatic carbocycles. The molecule has 0 bridgehead atoms. The Bertz CT molecular complexity index is 953. The molecule has 144 valence electrons. The highest BCUT2D eigenvalue weighted by molar-refractivity contribution is 7.89. The van der Waals surface area contributed by atoms with Crippen LogP contribution >= 0.6 is 11.3 Å². The van der Waals surface area contributed by atoms with Gasteiger partial charge in [0.25, 0.3) is 5.91 Å². The lowest BCUT2D eigenvalue weighted by atomic mass is 10.2. The summed E-state index contributed by atoms with van der Waals surface area (Å²) in [5.41, 5.74) is 0.622. The summed E-state index contributed by atoms with van der Waals surface area (Å²) in [7, 11) is -3.77. The van der Waals surface area contributed by atoms with Crippen molar-refractivity contribution in [1.29, 1.82) is 0 Å². The van der Waals surface area contributed by atoms with Crippen LogP contribution in [0.3, 0.4) is 0 Å². The predicted octanol–water partition coefficient (Wildman–Crippen LogP) is 0.222. The molecule has 2 amide bonds. The second kappa shape index (κ2) is 8.70. The molecular formula is C15H16N4O6S2. The number of amides is 2. The Kier molecular flexibility index (Phi) is 6.60. The number of nitrogens with two attached hydrogens (primary N) is 1. The van der Waals surface area contributed by atoms with Crippen molar-refractivity contribution < 1.29 is 27.5 Å². The van der Waals surface area contributed by atoms with Gasteiger partial charge >= 0.3 is 5.97 Å². The molecule has 0 unspecified atom stereocenters. The van der Waals surface area contributed by atoms with E-state index in [-0.39, 0.29) is 28.2 Å². The Morgan fingerprint density at radius 1 is 1.22 bits per heavy atom. The molecule has 0 atom stereocenters. The fourth-order valence-corrected chi connectivity index (χ4v) is 3.07. The average Bonchev–Trinajstić information content (AvgIpc) is 3.05. The molecule has 0 saturated heterocycles. The fraction of sp³-hybridized carbons (Fsp3) is 0.200.